The number of likely N-dealkylation sites (N-methyl/N-ethyl adjacent to an activating group) is 1. The zero-order chi connectivity index (χ0) is 20.9. The summed E-state index contributed by atoms with van der Waals surface area (Å²) in [5.74, 6) is 3.01. The van der Waals surface area contributed by atoms with Gasteiger partial charge in [0.05, 0.1) is 5.69 Å². The molecule has 6 nitrogen and oxygen atoms in total. The minimum absolute atomic E-state index is 0.220. The van der Waals surface area contributed by atoms with E-state index in [1.807, 2.05) is 61.5 Å². The topological polar surface area (TPSA) is 62.0 Å². The molecule has 1 aliphatic heterocycles. The molecule has 0 unspecified atom stereocenters. The van der Waals surface area contributed by atoms with Gasteiger partial charge in [-0.15, -0.1) is 0 Å². The highest BCUT2D eigenvalue weighted by molar-refractivity contribution is 5.57. The number of aliphatic hydroxyl groups is 1. The van der Waals surface area contributed by atoms with Gasteiger partial charge in [-0.3, -0.25) is 4.90 Å². The molecule has 0 bridgehead atoms. The van der Waals surface area contributed by atoms with Crippen molar-refractivity contribution in [2.24, 2.45) is 0 Å². The van der Waals surface area contributed by atoms with E-state index in [1.54, 1.807) is 0 Å². The largest absolute Gasteiger partial charge is 0.457 e. The van der Waals surface area contributed by atoms with Gasteiger partial charge in [0.2, 0.25) is 5.89 Å². The Morgan fingerprint density at radius 3 is 2.70 bits per heavy atom. The van der Waals surface area contributed by atoms with Gasteiger partial charge in [-0.05, 0) is 50.7 Å². The number of aryl methyl sites for hydroxylation is 1. The molecule has 2 aromatic carbocycles. The Bertz CT molecular complexity index is 957. The van der Waals surface area contributed by atoms with Crippen molar-refractivity contribution in [3.63, 3.8) is 0 Å². The Balaban J connectivity index is 1.47. The molecule has 0 amide bonds. The molecule has 158 valence electrons. The van der Waals surface area contributed by atoms with Crippen LogP contribution in [0.5, 0.6) is 11.5 Å². The maximum absolute atomic E-state index is 9.32. The minimum atomic E-state index is 0.220. The molecular formula is C24H29N3O3. The third-order valence-electron chi connectivity index (χ3n) is 5.65. The highest BCUT2D eigenvalue weighted by Gasteiger charge is 2.25. The molecular weight excluding hydrogens is 378 g/mol. The maximum Gasteiger partial charge on any atom is 0.226 e. The van der Waals surface area contributed by atoms with Gasteiger partial charge in [-0.25, -0.2) is 4.98 Å². The van der Waals surface area contributed by atoms with Crippen LogP contribution in [-0.4, -0.2) is 59.2 Å². The number of nitrogens with zero attached hydrogens (tertiary/aromatic N) is 3. The molecule has 0 aliphatic carbocycles. The maximum atomic E-state index is 9.32. The molecule has 1 saturated heterocycles. The van der Waals surface area contributed by atoms with Crippen LogP contribution in [0.1, 0.15) is 17.9 Å². The van der Waals surface area contributed by atoms with E-state index in [2.05, 4.69) is 16.8 Å². The second-order valence-electron chi connectivity index (χ2n) is 7.85. The Hall–Kier alpha value is -2.67. The number of oxazole rings is 1. The fraction of sp³-hybridized carbons (Fsp3) is 0.375. The number of hydrogen-bond acceptors (Lipinski definition) is 6. The summed E-state index contributed by atoms with van der Waals surface area (Å²) in [6, 6.07) is 17.9. The molecule has 3 aromatic rings. The predicted molar refractivity (Wildman–Crippen MR) is 117 cm³/mol. The Morgan fingerprint density at radius 1 is 1.10 bits per heavy atom. The SMILES string of the molecule is Cc1oc(-c2cccc(Oc3ccccc3)c2)nc1CN1CCN(C)[C@@H](CCO)C1. The summed E-state index contributed by atoms with van der Waals surface area (Å²) in [5, 5.41) is 9.32. The van der Waals surface area contributed by atoms with Gasteiger partial charge in [0.1, 0.15) is 17.3 Å². The monoisotopic (exact) mass is 407 g/mol. The van der Waals surface area contributed by atoms with Crippen LogP contribution >= 0.6 is 0 Å². The van der Waals surface area contributed by atoms with Crippen LogP contribution in [0.4, 0.5) is 0 Å². The minimum Gasteiger partial charge on any atom is -0.457 e. The van der Waals surface area contributed by atoms with Crippen molar-refractivity contribution in [1.82, 2.24) is 14.8 Å². The van der Waals surface area contributed by atoms with Crippen molar-refractivity contribution in [3.05, 3.63) is 66.1 Å². The van der Waals surface area contributed by atoms with E-state index in [0.29, 0.717) is 11.9 Å². The van der Waals surface area contributed by atoms with E-state index < -0.39 is 0 Å². The normalized spacial score (nSPS) is 17.9. The Kier molecular flexibility index (Phi) is 6.47. The van der Waals surface area contributed by atoms with Crippen LogP contribution < -0.4 is 4.74 Å². The third kappa shape index (κ3) is 4.90. The molecule has 4 rings (SSSR count). The lowest BCUT2D eigenvalue weighted by atomic mass is 10.1. The van der Waals surface area contributed by atoms with E-state index in [0.717, 1.165) is 61.1 Å². The molecule has 1 N–H and O–H groups in total. The van der Waals surface area contributed by atoms with Gasteiger partial charge in [0, 0.05) is 44.4 Å². The molecule has 1 aliphatic rings. The predicted octanol–water partition coefficient (Wildman–Crippen LogP) is 3.94. The fourth-order valence-electron chi connectivity index (χ4n) is 3.84. The van der Waals surface area contributed by atoms with Crippen molar-refractivity contribution in [2.45, 2.75) is 25.9 Å². The first-order valence-electron chi connectivity index (χ1n) is 10.5. The first-order valence-corrected chi connectivity index (χ1v) is 10.5. The number of hydrogen-bond donors (Lipinski definition) is 1. The molecule has 1 aromatic heterocycles. The molecule has 0 radical (unpaired) electrons. The van der Waals surface area contributed by atoms with Crippen LogP contribution in [0.25, 0.3) is 11.5 Å². The van der Waals surface area contributed by atoms with Crippen LogP contribution in [0.15, 0.2) is 59.0 Å². The molecule has 6 heteroatoms. The van der Waals surface area contributed by atoms with E-state index in [9.17, 15) is 5.11 Å². The van der Waals surface area contributed by atoms with Crippen LogP contribution in [0.3, 0.4) is 0 Å². The van der Waals surface area contributed by atoms with Gasteiger partial charge in [0.25, 0.3) is 0 Å². The first-order chi connectivity index (χ1) is 14.6. The van der Waals surface area contributed by atoms with E-state index in [1.165, 1.54) is 0 Å². The highest BCUT2D eigenvalue weighted by atomic mass is 16.5. The number of ether oxygens (including phenoxy) is 1. The molecule has 0 saturated carbocycles. The van der Waals surface area contributed by atoms with Gasteiger partial charge >= 0.3 is 0 Å². The summed E-state index contributed by atoms with van der Waals surface area (Å²) in [7, 11) is 2.13. The second-order valence-corrected chi connectivity index (χ2v) is 7.85. The number of aromatic nitrogens is 1. The van der Waals surface area contributed by atoms with Crippen molar-refractivity contribution in [3.8, 4) is 23.0 Å². The van der Waals surface area contributed by atoms with Crippen molar-refractivity contribution in [1.29, 1.82) is 0 Å². The summed E-state index contributed by atoms with van der Waals surface area (Å²) < 4.78 is 11.9. The lowest BCUT2D eigenvalue weighted by molar-refractivity contribution is 0.0734. The van der Waals surface area contributed by atoms with Gasteiger partial charge < -0.3 is 19.2 Å². The smallest absolute Gasteiger partial charge is 0.226 e. The quantitative estimate of drug-likeness (QED) is 0.640. The molecule has 0 spiro atoms. The van der Waals surface area contributed by atoms with Crippen molar-refractivity contribution < 1.29 is 14.3 Å². The number of benzene rings is 2. The van der Waals surface area contributed by atoms with Gasteiger partial charge in [-0.1, -0.05) is 24.3 Å². The summed E-state index contributed by atoms with van der Waals surface area (Å²) in [4.78, 5) is 9.50. The molecule has 1 atom stereocenters. The summed E-state index contributed by atoms with van der Waals surface area (Å²) in [6.07, 6.45) is 0.796. The zero-order valence-electron chi connectivity index (χ0n) is 17.6. The molecule has 2 heterocycles. The number of rotatable bonds is 7. The Labute approximate surface area is 177 Å². The lowest BCUT2D eigenvalue weighted by Crippen LogP contribution is -2.51. The fourth-order valence-corrected chi connectivity index (χ4v) is 3.84. The number of aliphatic hydroxyl groups excluding tert-OH is 1. The molecule has 30 heavy (non-hydrogen) atoms. The van der Waals surface area contributed by atoms with Crippen molar-refractivity contribution >= 4 is 0 Å². The summed E-state index contributed by atoms with van der Waals surface area (Å²) in [6.45, 7) is 5.85. The highest BCUT2D eigenvalue weighted by Crippen LogP contribution is 2.28. The van der Waals surface area contributed by atoms with E-state index in [4.69, 9.17) is 14.1 Å². The standard InChI is InChI=1S/C24H29N3O3/c1-18-23(17-27-13-12-26(2)20(16-27)11-14-28)25-24(29-18)19-7-6-10-22(15-19)30-21-8-4-3-5-9-21/h3-10,15,20,28H,11-14,16-17H2,1-2H3/t20-/m0/s1. The molecule has 1 fully saturated rings. The number of piperazine rings is 1. The Morgan fingerprint density at radius 2 is 1.90 bits per heavy atom. The first kappa shape index (κ1) is 20.6. The summed E-state index contributed by atoms with van der Waals surface area (Å²) >= 11 is 0. The van der Waals surface area contributed by atoms with E-state index in [-0.39, 0.29) is 6.61 Å². The third-order valence-corrected chi connectivity index (χ3v) is 5.65. The van der Waals surface area contributed by atoms with E-state index >= 15 is 0 Å². The summed E-state index contributed by atoms with van der Waals surface area (Å²) in [5.41, 5.74) is 1.86. The lowest BCUT2D eigenvalue weighted by Gasteiger charge is -2.39. The zero-order valence-corrected chi connectivity index (χ0v) is 17.6. The van der Waals surface area contributed by atoms with Crippen molar-refractivity contribution in [2.75, 3.05) is 33.3 Å². The van der Waals surface area contributed by atoms with Crippen LogP contribution in [0, 0.1) is 6.92 Å². The van der Waals surface area contributed by atoms with Gasteiger partial charge in [-0.2, -0.15) is 0 Å². The average molecular weight is 408 g/mol. The van der Waals surface area contributed by atoms with Crippen LogP contribution in [-0.2, 0) is 6.54 Å². The second kappa shape index (κ2) is 9.43. The number of para-hydroxylation sites is 1. The van der Waals surface area contributed by atoms with Crippen LogP contribution in [0.2, 0.25) is 0 Å². The average Bonchev–Trinajstić information content (AvgIpc) is 3.12. The van der Waals surface area contributed by atoms with Gasteiger partial charge in [0.15, 0.2) is 0 Å².